The molecule has 5 heteroatoms. The van der Waals surface area contributed by atoms with E-state index in [9.17, 15) is 9.59 Å². The molecule has 0 saturated heterocycles. The van der Waals surface area contributed by atoms with Gasteiger partial charge < -0.3 is 5.73 Å². The summed E-state index contributed by atoms with van der Waals surface area (Å²) in [6, 6.07) is 0. The van der Waals surface area contributed by atoms with Gasteiger partial charge in [-0.3, -0.25) is 4.79 Å². The van der Waals surface area contributed by atoms with Crippen molar-refractivity contribution in [2.75, 3.05) is 0 Å². The molecule has 2 rings (SSSR count). The van der Waals surface area contributed by atoms with Crippen LogP contribution in [0.15, 0.2) is 11.0 Å². The van der Waals surface area contributed by atoms with Crippen LogP contribution in [-0.2, 0) is 20.0 Å². The third-order valence-electron chi connectivity index (χ3n) is 2.81. The summed E-state index contributed by atoms with van der Waals surface area (Å²) in [5, 5.41) is 0. The summed E-state index contributed by atoms with van der Waals surface area (Å²) >= 11 is 0. The standard InChI is InChI=1S/C10H13N3O2/c1-12-6-7(9(11)14)10(15)13-5-3-2-4-8(12)13/h6H,2-5H2,1H3,(H-,11,14)/p+1. The molecule has 1 amide bonds. The molecule has 0 fully saturated rings. The van der Waals surface area contributed by atoms with E-state index in [-0.39, 0.29) is 11.1 Å². The van der Waals surface area contributed by atoms with Gasteiger partial charge in [-0.05, 0) is 12.8 Å². The van der Waals surface area contributed by atoms with Crippen LogP contribution in [0.1, 0.15) is 29.0 Å². The van der Waals surface area contributed by atoms with E-state index < -0.39 is 5.91 Å². The molecule has 0 unspecified atom stereocenters. The van der Waals surface area contributed by atoms with Crippen molar-refractivity contribution in [2.24, 2.45) is 12.8 Å². The zero-order valence-electron chi connectivity index (χ0n) is 8.69. The van der Waals surface area contributed by atoms with E-state index in [2.05, 4.69) is 0 Å². The van der Waals surface area contributed by atoms with Gasteiger partial charge in [0.25, 0.3) is 11.7 Å². The number of carbonyl (C=O) groups excluding carboxylic acids is 1. The first-order valence-corrected chi connectivity index (χ1v) is 5.03. The van der Waals surface area contributed by atoms with E-state index in [0.717, 1.165) is 25.1 Å². The van der Waals surface area contributed by atoms with Crippen LogP contribution in [0.25, 0.3) is 0 Å². The summed E-state index contributed by atoms with van der Waals surface area (Å²) in [5.74, 6) is 0.313. The fourth-order valence-corrected chi connectivity index (χ4v) is 2.04. The van der Waals surface area contributed by atoms with Gasteiger partial charge in [-0.25, -0.2) is 9.36 Å². The van der Waals surface area contributed by atoms with Gasteiger partial charge in [-0.1, -0.05) is 0 Å². The molecule has 1 aliphatic heterocycles. The van der Waals surface area contributed by atoms with Crippen LogP contribution in [-0.4, -0.2) is 10.5 Å². The highest BCUT2D eigenvalue weighted by atomic mass is 16.2. The first-order valence-electron chi connectivity index (χ1n) is 5.03. The van der Waals surface area contributed by atoms with E-state index in [1.807, 2.05) is 11.6 Å². The molecule has 0 bridgehead atoms. The van der Waals surface area contributed by atoms with Crippen molar-refractivity contribution in [1.29, 1.82) is 0 Å². The Labute approximate surface area is 87.1 Å². The number of fused-ring (bicyclic) bond motifs is 1. The van der Waals surface area contributed by atoms with E-state index in [1.54, 1.807) is 4.57 Å². The van der Waals surface area contributed by atoms with Crippen LogP contribution in [0.3, 0.4) is 0 Å². The molecule has 1 aromatic heterocycles. The minimum absolute atomic E-state index is 0.0724. The molecule has 0 radical (unpaired) electrons. The SMILES string of the molecule is C[n+]1cc(C(N)=O)c(=O)n2c1CCCC2. The van der Waals surface area contributed by atoms with Gasteiger partial charge >= 0.3 is 5.56 Å². The number of aromatic nitrogens is 2. The second kappa shape index (κ2) is 3.49. The molecule has 1 aliphatic rings. The van der Waals surface area contributed by atoms with Crippen LogP contribution >= 0.6 is 0 Å². The summed E-state index contributed by atoms with van der Waals surface area (Å²) in [6.07, 6.45) is 4.48. The smallest absolute Gasteiger partial charge is 0.350 e. The molecular formula is C10H14N3O2+. The molecule has 1 aromatic rings. The molecule has 5 nitrogen and oxygen atoms in total. The van der Waals surface area contributed by atoms with Gasteiger partial charge in [0.1, 0.15) is 6.20 Å². The number of aryl methyl sites for hydroxylation is 1. The molecule has 0 aliphatic carbocycles. The minimum atomic E-state index is -0.656. The molecule has 2 N–H and O–H groups in total. The summed E-state index contributed by atoms with van der Waals surface area (Å²) < 4.78 is 3.48. The maximum absolute atomic E-state index is 11.9. The Kier molecular flexibility index (Phi) is 2.30. The highest BCUT2D eigenvalue weighted by molar-refractivity contribution is 5.91. The van der Waals surface area contributed by atoms with Gasteiger partial charge in [0.2, 0.25) is 0 Å². The van der Waals surface area contributed by atoms with Crippen molar-refractivity contribution in [1.82, 2.24) is 4.57 Å². The van der Waals surface area contributed by atoms with Crippen LogP contribution < -0.4 is 15.9 Å². The summed E-state index contributed by atoms with van der Waals surface area (Å²) in [6.45, 7) is 0.684. The molecule has 2 heterocycles. The molecule has 0 aromatic carbocycles. The predicted molar refractivity (Wildman–Crippen MR) is 53.3 cm³/mol. The molecule has 0 spiro atoms. The largest absolute Gasteiger partial charge is 0.365 e. The molecular weight excluding hydrogens is 194 g/mol. The lowest BCUT2D eigenvalue weighted by atomic mass is 10.1. The maximum atomic E-state index is 11.9. The van der Waals surface area contributed by atoms with Gasteiger partial charge in [0.05, 0.1) is 13.6 Å². The summed E-state index contributed by atoms with van der Waals surface area (Å²) in [4.78, 5) is 22.9. The van der Waals surface area contributed by atoms with Crippen molar-refractivity contribution in [2.45, 2.75) is 25.8 Å². The highest BCUT2D eigenvalue weighted by Crippen LogP contribution is 2.08. The number of hydrogen-bond donors (Lipinski definition) is 1. The number of nitrogens with zero attached hydrogens (tertiary/aromatic N) is 2. The Morgan fingerprint density at radius 1 is 1.53 bits per heavy atom. The Bertz CT molecular complexity index is 476. The van der Waals surface area contributed by atoms with Crippen LogP contribution in [0.2, 0.25) is 0 Å². The zero-order chi connectivity index (χ0) is 11.0. The number of primary amides is 1. The Morgan fingerprint density at radius 3 is 2.93 bits per heavy atom. The third-order valence-corrected chi connectivity index (χ3v) is 2.81. The van der Waals surface area contributed by atoms with Gasteiger partial charge in [-0.15, -0.1) is 0 Å². The van der Waals surface area contributed by atoms with E-state index in [4.69, 9.17) is 5.73 Å². The second-order valence-corrected chi connectivity index (χ2v) is 3.85. The Hall–Kier alpha value is -1.65. The van der Waals surface area contributed by atoms with Crippen LogP contribution in [0, 0.1) is 0 Å². The van der Waals surface area contributed by atoms with Crippen molar-refractivity contribution in [3.05, 3.63) is 27.9 Å². The highest BCUT2D eigenvalue weighted by Gasteiger charge is 2.24. The molecule has 15 heavy (non-hydrogen) atoms. The first kappa shape index (κ1) is 9.89. The fourth-order valence-electron chi connectivity index (χ4n) is 2.04. The second-order valence-electron chi connectivity index (χ2n) is 3.85. The summed E-state index contributed by atoms with van der Waals surface area (Å²) in [7, 11) is 1.84. The maximum Gasteiger partial charge on any atom is 0.350 e. The van der Waals surface area contributed by atoms with Crippen molar-refractivity contribution in [3.63, 3.8) is 0 Å². The van der Waals surface area contributed by atoms with Crippen LogP contribution in [0.5, 0.6) is 0 Å². The number of rotatable bonds is 1. The van der Waals surface area contributed by atoms with E-state index in [0.29, 0.717) is 6.54 Å². The minimum Gasteiger partial charge on any atom is -0.365 e. The van der Waals surface area contributed by atoms with E-state index in [1.165, 1.54) is 6.20 Å². The lowest BCUT2D eigenvalue weighted by Gasteiger charge is -2.13. The quantitative estimate of drug-likeness (QED) is 0.608. The predicted octanol–water partition coefficient (Wildman–Crippen LogP) is -0.892. The van der Waals surface area contributed by atoms with Crippen molar-refractivity contribution in [3.8, 4) is 0 Å². The zero-order valence-corrected chi connectivity index (χ0v) is 8.69. The van der Waals surface area contributed by atoms with Crippen molar-refractivity contribution >= 4 is 5.91 Å². The summed E-state index contributed by atoms with van der Waals surface area (Å²) in [5.41, 5.74) is 4.97. The van der Waals surface area contributed by atoms with Crippen LogP contribution in [0.4, 0.5) is 0 Å². The lowest BCUT2D eigenvalue weighted by molar-refractivity contribution is -0.685. The molecule has 0 atom stereocenters. The van der Waals surface area contributed by atoms with E-state index >= 15 is 0 Å². The number of hydrogen-bond acceptors (Lipinski definition) is 2. The average Bonchev–Trinajstić information content (AvgIpc) is 2.23. The number of carbonyl (C=O) groups is 1. The third kappa shape index (κ3) is 1.54. The van der Waals surface area contributed by atoms with Crippen molar-refractivity contribution < 1.29 is 9.36 Å². The Morgan fingerprint density at radius 2 is 2.27 bits per heavy atom. The monoisotopic (exact) mass is 208 g/mol. The molecule has 80 valence electrons. The van der Waals surface area contributed by atoms with Gasteiger partial charge in [-0.2, -0.15) is 4.57 Å². The Balaban J connectivity index is 2.70. The number of amides is 1. The topological polar surface area (TPSA) is 69.0 Å². The first-order chi connectivity index (χ1) is 7.11. The molecule has 0 saturated carbocycles. The average molecular weight is 208 g/mol. The van der Waals surface area contributed by atoms with Gasteiger partial charge in [0, 0.05) is 6.42 Å². The lowest BCUT2D eigenvalue weighted by Crippen LogP contribution is -2.47. The fraction of sp³-hybridized carbons (Fsp3) is 0.500. The van der Waals surface area contributed by atoms with Gasteiger partial charge in [0.15, 0.2) is 5.56 Å². The normalized spacial score (nSPS) is 14.7. The number of nitrogens with two attached hydrogens (primary N) is 1.